The second-order valence-electron chi connectivity index (χ2n) is 14.6. The molecule has 0 aromatic rings. The third kappa shape index (κ3) is 3.20. The molecule has 3 heteroatoms. The summed E-state index contributed by atoms with van der Waals surface area (Å²) in [6.07, 6.45) is 10.0. The monoisotopic (exact) mass is 468 g/mol. The van der Waals surface area contributed by atoms with Gasteiger partial charge in [-0.3, -0.25) is 9.59 Å². The summed E-state index contributed by atoms with van der Waals surface area (Å²) < 4.78 is 5.85. The highest BCUT2D eigenvalue weighted by atomic mass is 16.5. The lowest BCUT2D eigenvalue weighted by Gasteiger charge is -2.66. The lowest BCUT2D eigenvalue weighted by Crippen LogP contribution is -2.61. The Kier molecular flexibility index (Phi) is 5.56. The molecule has 0 bridgehead atoms. The molecule has 9 atom stereocenters. The molecule has 0 N–H and O–H groups in total. The lowest BCUT2D eigenvalue weighted by atomic mass is 9.38. The van der Waals surface area contributed by atoms with Crippen molar-refractivity contribution in [2.24, 2.45) is 51.2 Å². The van der Waals surface area contributed by atoms with Crippen LogP contribution in [0.2, 0.25) is 0 Å². The van der Waals surface area contributed by atoms with Crippen LogP contribution in [0.15, 0.2) is 11.1 Å². The Morgan fingerprint density at radius 2 is 1.62 bits per heavy atom. The van der Waals surface area contributed by atoms with Crippen LogP contribution in [0, 0.1) is 51.2 Å². The summed E-state index contributed by atoms with van der Waals surface area (Å²) >= 11 is 0. The molecular weight excluding hydrogens is 420 g/mol. The predicted molar refractivity (Wildman–Crippen MR) is 136 cm³/mol. The average molecular weight is 469 g/mol. The van der Waals surface area contributed by atoms with E-state index in [2.05, 4.69) is 48.5 Å². The van der Waals surface area contributed by atoms with E-state index in [1.807, 2.05) is 0 Å². The van der Waals surface area contributed by atoms with Crippen LogP contribution >= 0.6 is 0 Å². The van der Waals surface area contributed by atoms with Crippen LogP contribution in [0.25, 0.3) is 0 Å². The number of Topliss-reactive ketones (excluding diaryl/α,β-unsaturated/α-hetero) is 1. The zero-order chi connectivity index (χ0) is 24.8. The number of allylic oxidation sites excluding steroid dienone is 2. The van der Waals surface area contributed by atoms with Gasteiger partial charge in [0.25, 0.3) is 0 Å². The minimum atomic E-state index is -0.161. The van der Waals surface area contributed by atoms with Crippen LogP contribution in [-0.4, -0.2) is 17.9 Å². The van der Waals surface area contributed by atoms with Gasteiger partial charge in [-0.05, 0) is 103 Å². The van der Waals surface area contributed by atoms with Gasteiger partial charge in [-0.1, -0.05) is 54.0 Å². The Balaban J connectivity index is 1.56. The molecule has 0 spiro atoms. The molecule has 3 fully saturated rings. The van der Waals surface area contributed by atoms with Gasteiger partial charge in [-0.15, -0.1) is 0 Å². The van der Waals surface area contributed by atoms with Gasteiger partial charge >= 0.3 is 5.97 Å². The Morgan fingerprint density at radius 1 is 0.912 bits per heavy atom. The molecule has 3 saturated carbocycles. The molecule has 5 aliphatic carbocycles. The summed E-state index contributed by atoms with van der Waals surface area (Å²) in [6, 6.07) is 0. The first-order chi connectivity index (χ1) is 15.8. The van der Waals surface area contributed by atoms with E-state index in [1.54, 1.807) is 12.5 Å². The Hall–Kier alpha value is -1.12. The van der Waals surface area contributed by atoms with Crippen LogP contribution in [0.5, 0.6) is 0 Å². The average Bonchev–Trinajstić information content (AvgIpc) is 2.74. The van der Waals surface area contributed by atoms with Crippen LogP contribution in [0.4, 0.5) is 0 Å². The smallest absolute Gasteiger partial charge is 0.302 e. The fourth-order valence-electron chi connectivity index (χ4n) is 10.6. The van der Waals surface area contributed by atoms with Crippen LogP contribution in [0.1, 0.15) is 113 Å². The van der Waals surface area contributed by atoms with Crippen molar-refractivity contribution in [2.45, 2.75) is 119 Å². The fraction of sp³-hybridized carbons (Fsp3) is 0.871. The number of ketones is 1. The first-order valence-electron chi connectivity index (χ1n) is 14.2. The van der Waals surface area contributed by atoms with E-state index in [9.17, 15) is 9.59 Å². The van der Waals surface area contributed by atoms with Gasteiger partial charge in [-0.25, -0.2) is 0 Å². The maximum Gasteiger partial charge on any atom is 0.302 e. The molecule has 34 heavy (non-hydrogen) atoms. The predicted octanol–water partition coefficient (Wildman–Crippen LogP) is 7.53. The Bertz CT molecular complexity index is 929. The summed E-state index contributed by atoms with van der Waals surface area (Å²) in [5, 5.41) is 0. The molecule has 5 aliphatic rings. The standard InChI is InChI=1S/C31H48O3/c1-18-9-13-29(6)14-10-21-26(27(29)19(18)2)22(33)17-24-30(21,7)15-11-23-28(4,5)25(34-20(3)32)12-16-31(23,24)8/h18-19,23-25,27H,9-17H2,1-8H3. The molecule has 9 unspecified atom stereocenters. The van der Waals surface area contributed by atoms with Crippen LogP contribution in [0.3, 0.4) is 0 Å². The van der Waals surface area contributed by atoms with Crippen LogP contribution < -0.4 is 0 Å². The molecule has 0 aliphatic heterocycles. The van der Waals surface area contributed by atoms with Gasteiger partial charge in [0.1, 0.15) is 6.10 Å². The van der Waals surface area contributed by atoms with Gasteiger partial charge < -0.3 is 4.74 Å². The van der Waals surface area contributed by atoms with E-state index in [4.69, 9.17) is 4.74 Å². The molecule has 0 aromatic heterocycles. The van der Waals surface area contributed by atoms with Crippen LogP contribution in [-0.2, 0) is 14.3 Å². The topological polar surface area (TPSA) is 43.4 Å². The first-order valence-corrected chi connectivity index (χ1v) is 14.2. The molecule has 0 amide bonds. The normalized spacial score (nSPS) is 49.9. The molecule has 0 saturated heterocycles. The maximum atomic E-state index is 14.1. The van der Waals surface area contributed by atoms with Crippen molar-refractivity contribution in [3.8, 4) is 0 Å². The van der Waals surface area contributed by atoms with Gasteiger partial charge in [0.2, 0.25) is 0 Å². The maximum absolute atomic E-state index is 14.1. The van der Waals surface area contributed by atoms with E-state index >= 15 is 0 Å². The van der Waals surface area contributed by atoms with E-state index < -0.39 is 0 Å². The minimum absolute atomic E-state index is 0.0125. The lowest BCUT2D eigenvalue weighted by molar-refractivity contribution is -0.191. The number of hydrogen-bond acceptors (Lipinski definition) is 3. The van der Waals surface area contributed by atoms with Crippen molar-refractivity contribution in [2.75, 3.05) is 0 Å². The Morgan fingerprint density at radius 3 is 2.29 bits per heavy atom. The van der Waals surface area contributed by atoms with Gasteiger partial charge in [-0.2, -0.15) is 0 Å². The number of rotatable bonds is 1. The van der Waals surface area contributed by atoms with Gasteiger partial charge in [0.05, 0.1) is 0 Å². The van der Waals surface area contributed by atoms with Crippen molar-refractivity contribution in [1.29, 1.82) is 0 Å². The van der Waals surface area contributed by atoms with E-state index in [1.165, 1.54) is 37.7 Å². The molecule has 190 valence electrons. The van der Waals surface area contributed by atoms with Crippen molar-refractivity contribution in [3.63, 3.8) is 0 Å². The van der Waals surface area contributed by atoms with Crippen molar-refractivity contribution < 1.29 is 14.3 Å². The van der Waals surface area contributed by atoms with Crippen molar-refractivity contribution in [3.05, 3.63) is 11.1 Å². The molecule has 5 rings (SSSR count). The summed E-state index contributed by atoms with van der Waals surface area (Å²) in [5.74, 6) is 2.96. The van der Waals surface area contributed by atoms with Crippen molar-refractivity contribution in [1.82, 2.24) is 0 Å². The SMILES string of the molecule is CC(=O)OC1CCC2(C)C3CC(=O)C4=C(CCC5(C)CCC(C)C(C)C45)C3(C)CCC2C1(C)C. The molecular formula is C31H48O3. The number of carbonyl (C=O) groups is 2. The minimum Gasteiger partial charge on any atom is -0.462 e. The molecule has 3 nitrogen and oxygen atoms in total. The summed E-state index contributed by atoms with van der Waals surface area (Å²) in [6.45, 7) is 18.5. The molecule has 0 aromatic carbocycles. The van der Waals surface area contributed by atoms with Gasteiger partial charge in [0.15, 0.2) is 5.78 Å². The highest BCUT2D eigenvalue weighted by Gasteiger charge is 2.65. The van der Waals surface area contributed by atoms with E-state index in [0.717, 1.165) is 25.7 Å². The van der Waals surface area contributed by atoms with Gasteiger partial charge in [0, 0.05) is 18.8 Å². The molecule has 0 radical (unpaired) electrons. The number of carbonyl (C=O) groups excluding carboxylic acids is 2. The van der Waals surface area contributed by atoms with E-state index in [0.29, 0.717) is 40.8 Å². The number of hydrogen-bond donors (Lipinski definition) is 0. The Labute approximate surface area is 207 Å². The fourth-order valence-corrected chi connectivity index (χ4v) is 10.6. The summed E-state index contributed by atoms with van der Waals surface area (Å²) in [4.78, 5) is 26.0. The highest BCUT2D eigenvalue weighted by Crippen LogP contribution is 2.71. The largest absolute Gasteiger partial charge is 0.462 e. The number of esters is 1. The zero-order valence-electron chi connectivity index (χ0n) is 23.1. The zero-order valence-corrected chi connectivity index (χ0v) is 23.1. The third-order valence-corrected chi connectivity index (χ3v) is 12.6. The highest BCUT2D eigenvalue weighted by molar-refractivity contribution is 5.98. The number of ether oxygens (including phenoxy) is 1. The third-order valence-electron chi connectivity index (χ3n) is 12.6. The second-order valence-corrected chi connectivity index (χ2v) is 14.6. The number of fused-ring (bicyclic) bond motifs is 6. The first kappa shape index (κ1) is 24.6. The quantitative estimate of drug-likeness (QED) is 0.374. The summed E-state index contributed by atoms with van der Waals surface area (Å²) in [5.41, 5.74) is 3.36. The van der Waals surface area contributed by atoms with E-state index in [-0.39, 0.29) is 28.3 Å². The molecule has 0 heterocycles. The second kappa shape index (κ2) is 7.69. The van der Waals surface area contributed by atoms with Crippen molar-refractivity contribution >= 4 is 11.8 Å². The summed E-state index contributed by atoms with van der Waals surface area (Å²) in [7, 11) is 0.